The third-order valence-corrected chi connectivity index (χ3v) is 1.92. The summed E-state index contributed by atoms with van der Waals surface area (Å²) in [6.07, 6.45) is 1.73. The van der Waals surface area contributed by atoms with E-state index in [4.69, 9.17) is 10.5 Å². The molecule has 2 amide bonds. The zero-order valence-electron chi connectivity index (χ0n) is 10.0. The lowest BCUT2D eigenvalue weighted by molar-refractivity contribution is 0.0657. The number of nitrogens with one attached hydrogen (secondary N) is 1. The van der Waals surface area contributed by atoms with Crippen LogP contribution in [-0.2, 0) is 11.3 Å². The van der Waals surface area contributed by atoms with E-state index in [1.807, 2.05) is 38.1 Å². The first-order chi connectivity index (χ1) is 8.08. The number of carbonyl (C=O) groups excluding carboxylic acids is 1. The number of hydrazone groups is 1. The summed E-state index contributed by atoms with van der Waals surface area (Å²) in [4.78, 5) is 10.4. The summed E-state index contributed by atoms with van der Waals surface area (Å²) >= 11 is 0. The van der Waals surface area contributed by atoms with Crippen molar-refractivity contribution in [3.8, 4) is 0 Å². The van der Waals surface area contributed by atoms with Gasteiger partial charge in [-0.2, -0.15) is 5.10 Å². The standard InChI is InChI=1S/C12H17N3O2/c1-9(2)17-8-11-5-3-4-10(6-11)7-14-15-12(13)16/h3-7,9H,8H2,1-2H3,(H3,13,15,16). The maximum absolute atomic E-state index is 10.4. The Morgan fingerprint density at radius 1 is 1.59 bits per heavy atom. The van der Waals surface area contributed by atoms with Gasteiger partial charge in [-0.25, -0.2) is 10.2 Å². The van der Waals surface area contributed by atoms with E-state index in [1.54, 1.807) is 0 Å². The van der Waals surface area contributed by atoms with Crippen LogP contribution in [-0.4, -0.2) is 18.3 Å². The highest BCUT2D eigenvalue weighted by atomic mass is 16.5. The third-order valence-electron chi connectivity index (χ3n) is 1.92. The van der Waals surface area contributed by atoms with Gasteiger partial charge >= 0.3 is 6.03 Å². The van der Waals surface area contributed by atoms with E-state index in [0.29, 0.717) is 6.61 Å². The minimum absolute atomic E-state index is 0.198. The number of nitrogens with two attached hydrogens (primary N) is 1. The molecule has 0 saturated carbocycles. The summed E-state index contributed by atoms with van der Waals surface area (Å²) in [7, 11) is 0. The van der Waals surface area contributed by atoms with Crippen LogP contribution in [0.1, 0.15) is 25.0 Å². The van der Waals surface area contributed by atoms with Gasteiger partial charge in [0.15, 0.2) is 0 Å². The Bertz CT molecular complexity index is 402. The highest BCUT2D eigenvalue weighted by molar-refractivity contribution is 5.81. The largest absolute Gasteiger partial charge is 0.374 e. The lowest BCUT2D eigenvalue weighted by Gasteiger charge is -2.07. The molecule has 0 saturated heterocycles. The number of hydrogen-bond acceptors (Lipinski definition) is 3. The van der Waals surface area contributed by atoms with Gasteiger partial charge in [0.05, 0.1) is 18.9 Å². The monoisotopic (exact) mass is 235 g/mol. The summed E-state index contributed by atoms with van der Waals surface area (Å²) in [6, 6.07) is 7.02. The van der Waals surface area contributed by atoms with Crippen LogP contribution in [0.15, 0.2) is 29.4 Å². The summed E-state index contributed by atoms with van der Waals surface area (Å²) in [5.41, 5.74) is 8.96. The number of amides is 2. The first kappa shape index (κ1) is 13.2. The highest BCUT2D eigenvalue weighted by Crippen LogP contribution is 2.06. The molecule has 0 unspecified atom stereocenters. The second-order valence-electron chi connectivity index (χ2n) is 3.84. The maximum Gasteiger partial charge on any atom is 0.332 e. The first-order valence-electron chi connectivity index (χ1n) is 5.37. The van der Waals surface area contributed by atoms with Gasteiger partial charge in [0.1, 0.15) is 0 Å². The van der Waals surface area contributed by atoms with Crippen LogP contribution < -0.4 is 11.2 Å². The van der Waals surface area contributed by atoms with Crippen LogP contribution in [0, 0.1) is 0 Å². The topological polar surface area (TPSA) is 76.7 Å². The molecule has 5 nitrogen and oxygen atoms in total. The molecule has 0 spiro atoms. The molecule has 5 heteroatoms. The minimum Gasteiger partial charge on any atom is -0.374 e. The zero-order valence-corrected chi connectivity index (χ0v) is 10.0. The number of primary amides is 1. The molecule has 0 atom stereocenters. The van der Waals surface area contributed by atoms with Crippen LogP contribution in [0.2, 0.25) is 0 Å². The molecule has 0 aromatic heterocycles. The van der Waals surface area contributed by atoms with Gasteiger partial charge in [-0.15, -0.1) is 0 Å². The van der Waals surface area contributed by atoms with Crippen molar-refractivity contribution in [2.24, 2.45) is 10.8 Å². The number of carbonyl (C=O) groups is 1. The lowest BCUT2D eigenvalue weighted by Crippen LogP contribution is -2.24. The molecule has 0 heterocycles. The first-order valence-corrected chi connectivity index (χ1v) is 5.37. The Kier molecular flexibility index (Phi) is 5.16. The molecule has 1 aromatic rings. The fraction of sp³-hybridized carbons (Fsp3) is 0.333. The van der Waals surface area contributed by atoms with Crippen molar-refractivity contribution in [1.82, 2.24) is 5.43 Å². The van der Waals surface area contributed by atoms with Gasteiger partial charge in [-0.05, 0) is 31.0 Å². The number of ether oxygens (including phenoxy) is 1. The molecule has 0 bridgehead atoms. The van der Waals surface area contributed by atoms with Crippen LogP contribution in [0.4, 0.5) is 4.79 Å². The molecule has 3 N–H and O–H groups in total. The quantitative estimate of drug-likeness (QED) is 0.601. The highest BCUT2D eigenvalue weighted by Gasteiger charge is 1.97. The molecule has 0 radical (unpaired) electrons. The number of nitrogens with zero attached hydrogens (tertiary/aromatic N) is 1. The minimum atomic E-state index is -0.680. The molecule has 92 valence electrons. The molecular formula is C12H17N3O2. The van der Waals surface area contributed by atoms with E-state index in [2.05, 4.69) is 10.5 Å². The second kappa shape index (κ2) is 6.65. The van der Waals surface area contributed by atoms with E-state index in [-0.39, 0.29) is 6.10 Å². The summed E-state index contributed by atoms with van der Waals surface area (Å²) in [6.45, 7) is 4.53. The Balaban J connectivity index is 2.59. The van der Waals surface area contributed by atoms with Gasteiger partial charge in [-0.3, -0.25) is 0 Å². The maximum atomic E-state index is 10.4. The van der Waals surface area contributed by atoms with Crippen molar-refractivity contribution in [2.75, 3.05) is 0 Å². The van der Waals surface area contributed by atoms with Crippen LogP contribution in [0.25, 0.3) is 0 Å². The molecule has 17 heavy (non-hydrogen) atoms. The van der Waals surface area contributed by atoms with E-state index in [1.165, 1.54) is 6.21 Å². The smallest absolute Gasteiger partial charge is 0.332 e. The molecular weight excluding hydrogens is 218 g/mol. The Morgan fingerprint density at radius 2 is 2.35 bits per heavy atom. The van der Waals surface area contributed by atoms with Gasteiger partial charge < -0.3 is 10.5 Å². The normalized spacial score (nSPS) is 11.0. The summed E-state index contributed by atoms with van der Waals surface area (Å²) < 4.78 is 5.49. The van der Waals surface area contributed by atoms with Crippen molar-refractivity contribution in [3.05, 3.63) is 35.4 Å². The lowest BCUT2D eigenvalue weighted by atomic mass is 10.1. The summed E-state index contributed by atoms with van der Waals surface area (Å²) in [5.74, 6) is 0. The summed E-state index contributed by atoms with van der Waals surface area (Å²) in [5, 5.41) is 3.69. The van der Waals surface area contributed by atoms with Gasteiger partial charge in [0.2, 0.25) is 0 Å². The van der Waals surface area contributed by atoms with Crippen LogP contribution in [0.5, 0.6) is 0 Å². The van der Waals surface area contributed by atoms with Crippen molar-refractivity contribution in [3.63, 3.8) is 0 Å². The number of hydrogen-bond donors (Lipinski definition) is 2. The second-order valence-corrected chi connectivity index (χ2v) is 3.84. The Morgan fingerprint density at radius 3 is 3.00 bits per heavy atom. The molecule has 0 aliphatic carbocycles. The van der Waals surface area contributed by atoms with Crippen LogP contribution in [0.3, 0.4) is 0 Å². The molecule has 0 aliphatic heterocycles. The van der Waals surface area contributed by atoms with E-state index >= 15 is 0 Å². The van der Waals surface area contributed by atoms with Crippen molar-refractivity contribution < 1.29 is 9.53 Å². The van der Waals surface area contributed by atoms with E-state index in [9.17, 15) is 4.79 Å². The van der Waals surface area contributed by atoms with Crippen molar-refractivity contribution in [2.45, 2.75) is 26.6 Å². The fourth-order valence-corrected chi connectivity index (χ4v) is 1.20. The van der Waals surface area contributed by atoms with E-state index < -0.39 is 6.03 Å². The number of urea groups is 1. The fourth-order valence-electron chi connectivity index (χ4n) is 1.20. The Hall–Kier alpha value is -1.88. The zero-order chi connectivity index (χ0) is 12.7. The van der Waals surface area contributed by atoms with Gasteiger partial charge in [0.25, 0.3) is 0 Å². The average Bonchev–Trinajstić information content (AvgIpc) is 2.26. The van der Waals surface area contributed by atoms with Gasteiger partial charge in [-0.1, -0.05) is 18.2 Å². The number of rotatable bonds is 5. The van der Waals surface area contributed by atoms with Crippen molar-refractivity contribution >= 4 is 12.2 Å². The number of benzene rings is 1. The predicted molar refractivity (Wildman–Crippen MR) is 66.7 cm³/mol. The molecule has 1 aromatic carbocycles. The van der Waals surface area contributed by atoms with Gasteiger partial charge in [0, 0.05) is 0 Å². The SMILES string of the molecule is CC(C)OCc1cccc(C=NNC(N)=O)c1. The molecule has 0 aliphatic rings. The predicted octanol–water partition coefficient (Wildman–Crippen LogP) is 1.61. The van der Waals surface area contributed by atoms with Crippen LogP contribution >= 0.6 is 0 Å². The molecule has 1 rings (SSSR count). The average molecular weight is 235 g/mol. The Labute approximate surface area is 101 Å². The van der Waals surface area contributed by atoms with Crippen molar-refractivity contribution in [1.29, 1.82) is 0 Å². The third kappa shape index (κ3) is 5.67. The molecule has 0 fully saturated rings. The van der Waals surface area contributed by atoms with E-state index in [0.717, 1.165) is 11.1 Å².